The summed E-state index contributed by atoms with van der Waals surface area (Å²) in [5.41, 5.74) is 6.98. The van der Waals surface area contributed by atoms with Gasteiger partial charge in [0.15, 0.2) is 0 Å². The van der Waals surface area contributed by atoms with Gasteiger partial charge in [0.1, 0.15) is 5.82 Å². The quantitative estimate of drug-likeness (QED) is 0.909. The second-order valence-corrected chi connectivity index (χ2v) is 4.48. The topological polar surface area (TPSA) is 46.3 Å². The Labute approximate surface area is 117 Å². The van der Waals surface area contributed by atoms with Gasteiger partial charge in [0.05, 0.1) is 6.54 Å². The first-order valence-corrected chi connectivity index (χ1v) is 6.50. The van der Waals surface area contributed by atoms with Crippen molar-refractivity contribution in [1.82, 2.24) is 0 Å². The highest BCUT2D eigenvalue weighted by molar-refractivity contribution is 5.93. The summed E-state index contributed by atoms with van der Waals surface area (Å²) in [7, 11) is 0. The molecule has 104 valence electrons. The standard InChI is InChI=1S/C16H17FN2O/c17-14-7-4-8-15(11-14)19(16(20)9-10-18)12-13-5-2-1-3-6-13/h1-8,11H,9-10,12,18H2. The largest absolute Gasteiger partial charge is 0.330 e. The molecule has 0 aliphatic heterocycles. The van der Waals surface area contributed by atoms with E-state index in [1.54, 1.807) is 17.0 Å². The van der Waals surface area contributed by atoms with E-state index in [2.05, 4.69) is 0 Å². The molecule has 2 aromatic carbocycles. The van der Waals surface area contributed by atoms with Gasteiger partial charge in [0.2, 0.25) is 5.91 Å². The molecule has 0 spiro atoms. The van der Waals surface area contributed by atoms with Crippen LogP contribution in [0.25, 0.3) is 0 Å². The predicted octanol–water partition coefficient (Wildman–Crippen LogP) is 2.71. The smallest absolute Gasteiger partial charge is 0.228 e. The van der Waals surface area contributed by atoms with Crippen molar-refractivity contribution in [2.24, 2.45) is 5.73 Å². The van der Waals surface area contributed by atoms with Gasteiger partial charge < -0.3 is 10.6 Å². The van der Waals surface area contributed by atoms with Crippen LogP contribution in [-0.2, 0) is 11.3 Å². The van der Waals surface area contributed by atoms with Crippen molar-refractivity contribution in [1.29, 1.82) is 0 Å². The second kappa shape index (κ2) is 6.82. The van der Waals surface area contributed by atoms with Crippen LogP contribution in [0.1, 0.15) is 12.0 Å². The van der Waals surface area contributed by atoms with Gasteiger partial charge in [0, 0.05) is 18.7 Å². The maximum absolute atomic E-state index is 13.4. The van der Waals surface area contributed by atoms with Crippen molar-refractivity contribution in [2.45, 2.75) is 13.0 Å². The summed E-state index contributed by atoms with van der Waals surface area (Å²) in [5, 5.41) is 0. The molecule has 0 fully saturated rings. The molecule has 0 radical (unpaired) electrons. The van der Waals surface area contributed by atoms with Crippen LogP contribution in [0.2, 0.25) is 0 Å². The Morgan fingerprint density at radius 1 is 1.10 bits per heavy atom. The van der Waals surface area contributed by atoms with E-state index in [-0.39, 0.29) is 24.7 Å². The number of amides is 1. The monoisotopic (exact) mass is 272 g/mol. The number of halogens is 1. The fourth-order valence-corrected chi connectivity index (χ4v) is 1.99. The van der Waals surface area contributed by atoms with Gasteiger partial charge in [-0.25, -0.2) is 4.39 Å². The lowest BCUT2D eigenvalue weighted by Gasteiger charge is -2.23. The number of nitrogens with zero attached hydrogens (tertiary/aromatic N) is 1. The SMILES string of the molecule is NCCC(=O)N(Cc1ccccc1)c1cccc(F)c1. The molecule has 0 saturated carbocycles. The highest BCUT2D eigenvalue weighted by Crippen LogP contribution is 2.19. The van der Waals surface area contributed by atoms with Crippen molar-refractivity contribution in [3.63, 3.8) is 0 Å². The minimum atomic E-state index is -0.360. The maximum Gasteiger partial charge on any atom is 0.228 e. The zero-order chi connectivity index (χ0) is 14.4. The van der Waals surface area contributed by atoms with Gasteiger partial charge in [-0.15, -0.1) is 0 Å². The normalized spacial score (nSPS) is 10.3. The Morgan fingerprint density at radius 3 is 2.50 bits per heavy atom. The molecule has 0 heterocycles. The summed E-state index contributed by atoms with van der Waals surface area (Å²) < 4.78 is 13.4. The fourth-order valence-electron chi connectivity index (χ4n) is 1.99. The molecule has 0 bridgehead atoms. The van der Waals surface area contributed by atoms with Crippen LogP contribution < -0.4 is 10.6 Å². The first-order chi connectivity index (χ1) is 9.70. The summed E-state index contributed by atoms with van der Waals surface area (Å²) in [6.45, 7) is 0.683. The van der Waals surface area contributed by atoms with Crippen molar-refractivity contribution in [3.8, 4) is 0 Å². The minimum absolute atomic E-state index is 0.109. The molecule has 0 aliphatic carbocycles. The summed E-state index contributed by atoms with van der Waals surface area (Å²) >= 11 is 0. The van der Waals surface area contributed by atoms with Crippen LogP contribution in [0.15, 0.2) is 54.6 Å². The number of anilines is 1. The highest BCUT2D eigenvalue weighted by Gasteiger charge is 2.15. The van der Waals surface area contributed by atoms with Crippen LogP contribution in [-0.4, -0.2) is 12.5 Å². The molecule has 2 rings (SSSR count). The lowest BCUT2D eigenvalue weighted by atomic mass is 10.2. The van der Waals surface area contributed by atoms with Crippen LogP contribution in [0.3, 0.4) is 0 Å². The van der Waals surface area contributed by atoms with Crippen molar-refractivity contribution in [3.05, 3.63) is 66.0 Å². The minimum Gasteiger partial charge on any atom is -0.330 e. The van der Waals surface area contributed by atoms with E-state index >= 15 is 0 Å². The lowest BCUT2D eigenvalue weighted by Crippen LogP contribution is -2.31. The molecule has 2 aromatic rings. The van der Waals surface area contributed by atoms with Gasteiger partial charge in [-0.05, 0) is 23.8 Å². The van der Waals surface area contributed by atoms with E-state index in [0.29, 0.717) is 12.2 Å². The van der Waals surface area contributed by atoms with Gasteiger partial charge in [0.25, 0.3) is 0 Å². The van der Waals surface area contributed by atoms with E-state index in [1.165, 1.54) is 12.1 Å². The average Bonchev–Trinajstić information content (AvgIpc) is 2.46. The Morgan fingerprint density at radius 2 is 1.85 bits per heavy atom. The van der Waals surface area contributed by atoms with E-state index < -0.39 is 0 Å². The summed E-state index contributed by atoms with van der Waals surface area (Å²) in [6, 6.07) is 15.6. The number of hydrogen-bond acceptors (Lipinski definition) is 2. The molecule has 3 nitrogen and oxygen atoms in total. The number of benzene rings is 2. The van der Waals surface area contributed by atoms with E-state index in [0.717, 1.165) is 5.56 Å². The molecule has 0 atom stereocenters. The predicted molar refractivity (Wildman–Crippen MR) is 77.7 cm³/mol. The molecular weight excluding hydrogens is 255 g/mol. The Kier molecular flexibility index (Phi) is 4.85. The van der Waals surface area contributed by atoms with Gasteiger partial charge in [-0.1, -0.05) is 36.4 Å². The summed E-state index contributed by atoms with van der Waals surface area (Å²) in [4.78, 5) is 13.7. The molecule has 20 heavy (non-hydrogen) atoms. The van der Waals surface area contributed by atoms with Crippen molar-refractivity contribution in [2.75, 3.05) is 11.4 Å². The van der Waals surface area contributed by atoms with E-state index in [1.807, 2.05) is 30.3 Å². The summed E-state index contributed by atoms with van der Waals surface area (Å²) in [6.07, 6.45) is 0.239. The van der Waals surface area contributed by atoms with Gasteiger partial charge in [-0.3, -0.25) is 4.79 Å². The van der Waals surface area contributed by atoms with Crippen molar-refractivity contribution >= 4 is 11.6 Å². The van der Waals surface area contributed by atoms with Crippen molar-refractivity contribution < 1.29 is 9.18 Å². The number of carbonyl (C=O) groups excluding carboxylic acids is 1. The zero-order valence-electron chi connectivity index (χ0n) is 11.1. The van der Waals surface area contributed by atoms with E-state index in [4.69, 9.17) is 5.73 Å². The summed E-state index contributed by atoms with van der Waals surface area (Å²) in [5.74, 6) is -0.469. The van der Waals surface area contributed by atoms with Crippen LogP contribution >= 0.6 is 0 Å². The molecular formula is C16H17FN2O. The number of hydrogen-bond donors (Lipinski definition) is 1. The van der Waals surface area contributed by atoms with Crippen LogP contribution in [0.5, 0.6) is 0 Å². The average molecular weight is 272 g/mol. The molecule has 4 heteroatoms. The van der Waals surface area contributed by atoms with Crippen LogP contribution in [0, 0.1) is 5.82 Å². The molecule has 0 aliphatic rings. The first kappa shape index (κ1) is 14.2. The Hall–Kier alpha value is -2.20. The molecule has 0 saturated heterocycles. The number of nitrogens with two attached hydrogens (primary N) is 1. The lowest BCUT2D eigenvalue weighted by molar-refractivity contribution is -0.118. The highest BCUT2D eigenvalue weighted by atomic mass is 19.1. The third-order valence-electron chi connectivity index (χ3n) is 2.96. The zero-order valence-corrected chi connectivity index (χ0v) is 11.1. The van der Waals surface area contributed by atoms with Crippen LogP contribution in [0.4, 0.5) is 10.1 Å². The Bertz CT molecular complexity index is 572. The number of rotatable bonds is 5. The van der Waals surface area contributed by atoms with Gasteiger partial charge >= 0.3 is 0 Å². The Balaban J connectivity index is 2.27. The molecule has 0 unspecified atom stereocenters. The van der Waals surface area contributed by atoms with E-state index in [9.17, 15) is 9.18 Å². The molecule has 0 aromatic heterocycles. The molecule has 1 amide bonds. The third-order valence-corrected chi connectivity index (χ3v) is 2.96. The van der Waals surface area contributed by atoms with Gasteiger partial charge in [-0.2, -0.15) is 0 Å². The maximum atomic E-state index is 13.4. The first-order valence-electron chi connectivity index (χ1n) is 6.50. The second-order valence-electron chi connectivity index (χ2n) is 4.48. The third kappa shape index (κ3) is 3.65. The molecule has 2 N–H and O–H groups in total. The number of carbonyl (C=O) groups is 1. The fraction of sp³-hybridized carbons (Fsp3) is 0.188.